The number of rotatable bonds is 5. The van der Waals surface area contributed by atoms with Gasteiger partial charge in [0.25, 0.3) is 0 Å². The molecule has 0 saturated heterocycles. The number of alkyl halides is 3. The maximum absolute atomic E-state index is 12.4. The largest absolute Gasteiger partial charge is 0.406 e. The van der Waals surface area contributed by atoms with Gasteiger partial charge < -0.3 is 10.6 Å². The van der Waals surface area contributed by atoms with Crippen LogP contribution in [0, 0.1) is 5.92 Å². The van der Waals surface area contributed by atoms with Gasteiger partial charge in [-0.05, 0) is 32.6 Å². The second kappa shape index (κ2) is 5.25. The quantitative estimate of drug-likeness (QED) is 0.812. The van der Waals surface area contributed by atoms with Crippen molar-refractivity contribution in [2.45, 2.75) is 51.4 Å². The van der Waals surface area contributed by atoms with Crippen molar-refractivity contribution < 1.29 is 18.0 Å². The molecule has 3 nitrogen and oxygen atoms in total. The van der Waals surface area contributed by atoms with Crippen LogP contribution in [0.25, 0.3) is 0 Å². The van der Waals surface area contributed by atoms with E-state index < -0.39 is 24.7 Å². The van der Waals surface area contributed by atoms with Crippen molar-refractivity contribution in [3.05, 3.63) is 0 Å². The Bertz CT molecular complexity index is 274. The van der Waals surface area contributed by atoms with Crippen molar-refractivity contribution in [2.24, 2.45) is 11.7 Å². The molecule has 0 spiro atoms. The molecule has 17 heavy (non-hydrogen) atoms. The third kappa shape index (κ3) is 4.93. The summed E-state index contributed by atoms with van der Waals surface area (Å²) in [5, 5.41) is 0. The summed E-state index contributed by atoms with van der Waals surface area (Å²) in [6, 6.07) is -0.757. The van der Waals surface area contributed by atoms with E-state index >= 15 is 0 Å². The number of carbonyl (C=O) groups excluding carboxylic acids is 1. The number of nitrogens with zero attached hydrogens (tertiary/aromatic N) is 1. The lowest BCUT2D eigenvalue weighted by Gasteiger charge is -2.30. The molecule has 2 unspecified atom stereocenters. The first kappa shape index (κ1) is 14.3. The van der Waals surface area contributed by atoms with Crippen molar-refractivity contribution in [2.75, 3.05) is 6.54 Å². The third-order valence-electron chi connectivity index (χ3n) is 2.96. The Kier molecular flexibility index (Phi) is 4.41. The first-order valence-corrected chi connectivity index (χ1v) is 5.82. The Hall–Kier alpha value is -0.780. The standard InChI is InChI=1S/C11H19F3N2O/c1-7(15)5-10(17)16(6-11(12,13)14)8(2)9-3-4-9/h7-9H,3-6,15H2,1-2H3. The lowest BCUT2D eigenvalue weighted by atomic mass is 10.1. The summed E-state index contributed by atoms with van der Waals surface area (Å²) in [7, 11) is 0. The minimum atomic E-state index is -4.35. The van der Waals surface area contributed by atoms with Crippen LogP contribution < -0.4 is 5.73 Å². The molecule has 0 aromatic heterocycles. The molecule has 0 bridgehead atoms. The fourth-order valence-electron chi connectivity index (χ4n) is 1.88. The molecular weight excluding hydrogens is 233 g/mol. The first-order valence-electron chi connectivity index (χ1n) is 5.82. The minimum absolute atomic E-state index is 0.0346. The molecule has 0 radical (unpaired) electrons. The van der Waals surface area contributed by atoms with Gasteiger partial charge in [-0.25, -0.2) is 0 Å². The molecule has 1 rings (SSSR count). The van der Waals surface area contributed by atoms with E-state index in [1.165, 1.54) is 0 Å². The molecule has 2 N–H and O–H groups in total. The molecule has 0 aromatic carbocycles. The normalized spacial score (nSPS) is 19.9. The second-order valence-corrected chi connectivity index (χ2v) is 4.90. The number of hydrogen-bond donors (Lipinski definition) is 1. The molecule has 6 heteroatoms. The topological polar surface area (TPSA) is 46.3 Å². The van der Waals surface area contributed by atoms with Crippen LogP contribution in [0.5, 0.6) is 0 Å². The van der Waals surface area contributed by atoms with Gasteiger partial charge in [-0.3, -0.25) is 4.79 Å². The van der Waals surface area contributed by atoms with E-state index in [1.54, 1.807) is 13.8 Å². The Morgan fingerprint density at radius 1 is 1.41 bits per heavy atom. The monoisotopic (exact) mass is 252 g/mol. The van der Waals surface area contributed by atoms with E-state index in [4.69, 9.17) is 5.73 Å². The summed E-state index contributed by atoms with van der Waals surface area (Å²) in [5.74, 6) is -0.286. The second-order valence-electron chi connectivity index (χ2n) is 4.90. The van der Waals surface area contributed by atoms with E-state index in [2.05, 4.69) is 0 Å². The van der Waals surface area contributed by atoms with E-state index in [-0.39, 0.29) is 18.4 Å². The maximum Gasteiger partial charge on any atom is 0.406 e. The predicted octanol–water partition coefficient (Wildman–Crippen LogP) is 1.91. The SMILES string of the molecule is CC(N)CC(=O)N(CC(F)(F)F)C(C)C1CC1. The zero-order valence-corrected chi connectivity index (χ0v) is 10.1. The van der Waals surface area contributed by atoms with Gasteiger partial charge in [0.15, 0.2) is 0 Å². The lowest BCUT2D eigenvalue weighted by molar-refractivity contribution is -0.166. The minimum Gasteiger partial charge on any atom is -0.331 e. The highest BCUT2D eigenvalue weighted by Gasteiger charge is 2.40. The van der Waals surface area contributed by atoms with Gasteiger partial charge in [-0.2, -0.15) is 13.2 Å². The van der Waals surface area contributed by atoms with Gasteiger partial charge in [0.2, 0.25) is 5.91 Å². The molecule has 2 atom stereocenters. The highest BCUT2D eigenvalue weighted by atomic mass is 19.4. The summed E-state index contributed by atoms with van der Waals surface area (Å²) in [6.07, 6.45) is -2.58. The van der Waals surface area contributed by atoms with Crippen LogP contribution in [0.3, 0.4) is 0 Å². The van der Waals surface area contributed by atoms with Gasteiger partial charge >= 0.3 is 6.18 Å². The molecule has 0 aliphatic heterocycles. The maximum atomic E-state index is 12.4. The van der Waals surface area contributed by atoms with Crippen molar-refractivity contribution in [3.63, 3.8) is 0 Å². The zero-order valence-electron chi connectivity index (χ0n) is 10.1. The lowest BCUT2D eigenvalue weighted by Crippen LogP contribution is -2.46. The average molecular weight is 252 g/mol. The summed E-state index contributed by atoms with van der Waals surface area (Å²) >= 11 is 0. The molecular formula is C11H19F3N2O. The molecule has 1 fully saturated rings. The Labute approximate surface area is 99.1 Å². The van der Waals surface area contributed by atoms with Crippen molar-refractivity contribution in [1.29, 1.82) is 0 Å². The Morgan fingerprint density at radius 2 is 1.94 bits per heavy atom. The highest BCUT2D eigenvalue weighted by molar-refractivity contribution is 5.77. The summed E-state index contributed by atoms with van der Waals surface area (Å²) < 4.78 is 37.3. The fraction of sp³-hybridized carbons (Fsp3) is 0.909. The van der Waals surface area contributed by atoms with E-state index in [9.17, 15) is 18.0 Å². The van der Waals surface area contributed by atoms with Crippen LogP contribution in [-0.2, 0) is 4.79 Å². The van der Waals surface area contributed by atoms with Crippen molar-refractivity contribution >= 4 is 5.91 Å². The van der Waals surface area contributed by atoms with Crippen LogP contribution in [0.1, 0.15) is 33.1 Å². The first-order chi connectivity index (χ1) is 7.70. The smallest absolute Gasteiger partial charge is 0.331 e. The summed E-state index contributed by atoms with van der Waals surface area (Å²) in [4.78, 5) is 12.7. The van der Waals surface area contributed by atoms with Crippen LogP contribution >= 0.6 is 0 Å². The molecule has 1 saturated carbocycles. The number of halogens is 3. The van der Waals surface area contributed by atoms with Crippen molar-refractivity contribution in [3.8, 4) is 0 Å². The van der Waals surface area contributed by atoms with Gasteiger partial charge in [-0.1, -0.05) is 0 Å². The Balaban J connectivity index is 2.66. The average Bonchev–Trinajstić information content (AvgIpc) is 2.93. The molecule has 0 heterocycles. The number of carbonyl (C=O) groups is 1. The number of hydrogen-bond acceptors (Lipinski definition) is 2. The molecule has 1 amide bonds. The van der Waals surface area contributed by atoms with Gasteiger partial charge in [0.05, 0.1) is 0 Å². The molecule has 100 valence electrons. The van der Waals surface area contributed by atoms with Crippen LogP contribution in [-0.4, -0.2) is 35.6 Å². The van der Waals surface area contributed by atoms with E-state index in [0.29, 0.717) is 0 Å². The molecule has 1 aliphatic rings. The van der Waals surface area contributed by atoms with Crippen LogP contribution in [0.2, 0.25) is 0 Å². The molecule has 1 aliphatic carbocycles. The van der Waals surface area contributed by atoms with Crippen LogP contribution in [0.4, 0.5) is 13.2 Å². The van der Waals surface area contributed by atoms with Gasteiger partial charge in [0.1, 0.15) is 6.54 Å². The zero-order chi connectivity index (χ0) is 13.2. The van der Waals surface area contributed by atoms with Gasteiger partial charge in [-0.15, -0.1) is 0 Å². The molecule has 0 aromatic rings. The third-order valence-corrected chi connectivity index (χ3v) is 2.96. The van der Waals surface area contributed by atoms with E-state index in [0.717, 1.165) is 17.7 Å². The summed E-state index contributed by atoms with van der Waals surface area (Å²) in [6.45, 7) is 2.13. The predicted molar refractivity (Wildman–Crippen MR) is 58.2 cm³/mol. The Morgan fingerprint density at radius 3 is 2.29 bits per heavy atom. The number of amides is 1. The fourth-order valence-corrected chi connectivity index (χ4v) is 1.88. The van der Waals surface area contributed by atoms with E-state index in [1.807, 2.05) is 0 Å². The highest BCUT2D eigenvalue weighted by Crippen LogP contribution is 2.36. The summed E-state index contributed by atoms with van der Waals surface area (Å²) in [5.41, 5.74) is 5.46. The van der Waals surface area contributed by atoms with Gasteiger partial charge in [0, 0.05) is 18.5 Å². The van der Waals surface area contributed by atoms with Crippen molar-refractivity contribution in [1.82, 2.24) is 4.90 Å². The van der Waals surface area contributed by atoms with Crippen LogP contribution in [0.15, 0.2) is 0 Å². The number of nitrogens with two attached hydrogens (primary N) is 1.